The summed E-state index contributed by atoms with van der Waals surface area (Å²) in [4.78, 5) is 10.1. The van der Waals surface area contributed by atoms with Gasteiger partial charge in [0.1, 0.15) is 6.29 Å². The van der Waals surface area contributed by atoms with Gasteiger partial charge in [0.2, 0.25) is 0 Å². The Morgan fingerprint density at radius 2 is 2.60 bits per heavy atom. The number of carbonyl (C=O) groups excluding carboxylic acids is 1. The van der Waals surface area contributed by atoms with Gasteiger partial charge < -0.3 is 4.74 Å². The van der Waals surface area contributed by atoms with Gasteiger partial charge in [-0.15, -0.1) is 0 Å². The van der Waals surface area contributed by atoms with Crippen molar-refractivity contribution in [2.75, 3.05) is 7.11 Å². The number of aldehydes is 1. The molecule has 0 radical (unpaired) electrons. The zero-order chi connectivity index (χ0) is 7.40. The van der Waals surface area contributed by atoms with E-state index in [0.29, 0.717) is 0 Å². The highest BCUT2D eigenvalue weighted by Crippen LogP contribution is 2.18. The maximum absolute atomic E-state index is 10.1. The van der Waals surface area contributed by atoms with E-state index in [1.165, 1.54) is 6.08 Å². The molecule has 1 atom stereocenters. The highest BCUT2D eigenvalue weighted by molar-refractivity contribution is 5.68. The Bertz CT molecular complexity index is 180. The van der Waals surface area contributed by atoms with Crippen LogP contribution >= 0.6 is 0 Å². The molecule has 0 saturated carbocycles. The van der Waals surface area contributed by atoms with Gasteiger partial charge in [-0.2, -0.15) is 0 Å². The fraction of sp³-hybridized carbons (Fsp3) is 0.375. The van der Waals surface area contributed by atoms with E-state index in [2.05, 4.69) is 0 Å². The first-order valence-corrected chi connectivity index (χ1v) is 3.23. The minimum atomic E-state index is 0.102. The molecule has 2 heteroatoms. The molecule has 0 unspecified atom stereocenters. The van der Waals surface area contributed by atoms with Crippen molar-refractivity contribution in [2.24, 2.45) is 0 Å². The molecule has 10 heavy (non-hydrogen) atoms. The molecule has 0 aromatic heterocycles. The quantitative estimate of drug-likeness (QED) is 0.421. The lowest BCUT2D eigenvalue weighted by Crippen LogP contribution is -2.07. The third kappa shape index (κ3) is 1.33. The Hall–Kier alpha value is -0.890. The maximum atomic E-state index is 10.1. The first-order chi connectivity index (χ1) is 4.88. The summed E-state index contributed by atoms with van der Waals surface area (Å²) in [6, 6.07) is 0. The van der Waals surface area contributed by atoms with Crippen molar-refractivity contribution in [3.05, 3.63) is 23.8 Å². The molecule has 0 fully saturated rings. The summed E-state index contributed by atoms with van der Waals surface area (Å²) >= 11 is 0. The van der Waals surface area contributed by atoms with Crippen LogP contribution in [0.5, 0.6) is 0 Å². The summed E-state index contributed by atoms with van der Waals surface area (Å²) in [5, 5.41) is 0. The van der Waals surface area contributed by atoms with E-state index >= 15 is 0 Å². The van der Waals surface area contributed by atoms with Crippen LogP contribution in [0.4, 0.5) is 0 Å². The molecular weight excluding hydrogens is 128 g/mol. The van der Waals surface area contributed by atoms with Gasteiger partial charge in [-0.05, 0) is 18.1 Å². The lowest BCUT2D eigenvalue weighted by atomic mass is 10.2. The van der Waals surface area contributed by atoms with E-state index < -0.39 is 0 Å². The highest BCUT2D eigenvalue weighted by Gasteiger charge is 2.13. The average Bonchev–Trinajstić information content (AvgIpc) is 2.36. The summed E-state index contributed by atoms with van der Waals surface area (Å²) in [5.74, 6) is 0. The monoisotopic (exact) mass is 138 g/mol. The van der Waals surface area contributed by atoms with Crippen molar-refractivity contribution in [3.8, 4) is 0 Å². The Balaban J connectivity index is 2.65. The molecule has 2 nitrogen and oxygen atoms in total. The van der Waals surface area contributed by atoms with Crippen LogP contribution < -0.4 is 0 Å². The summed E-state index contributed by atoms with van der Waals surface area (Å²) < 4.78 is 5.09. The molecule has 54 valence electrons. The van der Waals surface area contributed by atoms with Crippen molar-refractivity contribution < 1.29 is 9.53 Å². The number of methoxy groups -OCH3 is 1. The smallest absolute Gasteiger partial charge is 0.143 e. The number of hydrogen-bond acceptors (Lipinski definition) is 2. The number of hydrogen-bond donors (Lipinski definition) is 0. The van der Waals surface area contributed by atoms with Crippen LogP contribution in [0.15, 0.2) is 23.8 Å². The Morgan fingerprint density at radius 1 is 1.80 bits per heavy atom. The van der Waals surface area contributed by atoms with Crippen molar-refractivity contribution in [1.82, 2.24) is 0 Å². The van der Waals surface area contributed by atoms with E-state index in [0.717, 1.165) is 18.3 Å². The van der Waals surface area contributed by atoms with Crippen LogP contribution in [-0.2, 0) is 9.53 Å². The van der Waals surface area contributed by atoms with Gasteiger partial charge in [0.25, 0.3) is 0 Å². The second-order valence-corrected chi connectivity index (χ2v) is 2.17. The minimum Gasteiger partial charge on any atom is -0.376 e. The van der Waals surface area contributed by atoms with Gasteiger partial charge in [0, 0.05) is 7.11 Å². The van der Waals surface area contributed by atoms with Crippen LogP contribution in [-0.4, -0.2) is 19.5 Å². The normalized spacial score (nSPS) is 27.7. The van der Waals surface area contributed by atoms with E-state index in [1.54, 1.807) is 7.11 Å². The van der Waals surface area contributed by atoms with Gasteiger partial charge in [-0.25, -0.2) is 0 Å². The Labute approximate surface area is 60.2 Å². The zero-order valence-electron chi connectivity index (χ0n) is 5.91. The van der Waals surface area contributed by atoms with Crippen LogP contribution in [0.25, 0.3) is 0 Å². The Kier molecular flexibility index (Phi) is 2.40. The Morgan fingerprint density at radius 3 is 3.20 bits per heavy atom. The van der Waals surface area contributed by atoms with Crippen molar-refractivity contribution in [3.63, 3.8) is 0 Å². The summed E-state index contributed by atoms with van der Waals surface area (Å²) in [7, 11) is 1.65. The zero-order valence-corrected chi connectivity index (χ0v) is 5.91. The molecule has 0 bridgehead atoms. The van der Waals surface area contributed by atoms with E-state index in [1.807, 2.05) is 12.2 Å². The highest BCUT2D eigenvalue weighted by atomic mass is 16.5. The lowest BCUT2D eigenvalue weighted by Gasteiger charge is -2.07. The topological polar surface area (TPSA) is 26.3 Å². The van der Waals surface area contributed by atoms with Crippen molar-refractivity contribution >= 4 is 6.29 Å². The molecule has 1 aliphatic carbocycles. The van der Waals surface area contributed by atoms with Crippen molar-refractivity contribution in [1.29, 1.82) is 0 Å². The minimum absolute atomic E-state index is 0.102. The summed E-state index contributed by atoms with van der Waals surface area (Å²) in [6.07, 6.45) is 7.24. The molecule has 0 aromatic rings. The van der Waals surface area contributed by atoms with Crippen LogP contribution in [0, 0.1) is 0 Å². The average molecular weight is 138 g/mol. The SMILES string of the molecule is CO[C@H]1CC=C/C1=C\C=O. The van der Waals surface area contributed by atoms with Gasteiger partial charge in [0.15, 0.2) is 0 Å². The molecule has 1 rings (SSSR count). The molecule has 0 N–H and O–H groups in total. The van der Waals surface area contributed by atoms with Crippen LogP contribution in [0.2, 0.25) is 0 Å². The van der Waals surface area contributed by atoms with E-state index in [4.69, 9.17) is 4.74 Å². The number of ether oxygens (including phenoxy) is 1. The standard InChI is InChI=1S/C8H10O2/c1-10-8-4-2-3-7(8)5-6-9/h2-3,5-6,8H,4H2,1H3/b7-5+/t8-/m0/s1. The van der Waals surface area contributed by atoms with Crippen LogP contribution in [0.3, 0.4) is 0 Å². The second kappa shape index (κ2) is 3.32. The number of rotatable bonds is 2. The largest absolute Gasteiger partial charge is 0.376 e. The molecule has 0 aromatic carbocycles. The number of allylic oxidation sites excluding steroid dienone is 1. The summed E-state index contributed by atoms with van der Waals surface area (Å²) in [6.45, 7) is 0. The van der Waals surface area contributed by atoms with Gasteiger partial charge in [0.05, 0.1) is 6.10 Å². The summed E-state index contributed by atoms with van der Waals surface area (Å²) in [5.41, 5.74) is 0.970. The molecular formula is C8H10O2. The first kappa shape index (κ1) is 7.22. The third-order valence-corrected chi connectivity index (χ3v) is 1.58. The second-order valence-electron chi connectivity index (χ2n) is 2.17. The number of carbonyl (C=O) groups is 1. The predicted octanol–water partition coefficient (Wildman–Crippen LogP) is 1.09. The maximum Gasteiger partial charge on any atom is 0.143 e. The molecule has 0 spiro atoms. The van der Waals surface area contributed by atoms with Gasteiger partial charge in [-0.1, -0.05) is 12.2 Å². The van der Waals surface area contributed by atoms with E-state index in [-0.39, 0.29) is 6.10 Å². The predicted molar refractivity (Wildman–Crippen MR) is 38.7 cm³/mol. The fourth-order valence-electron chi connectivity index (χ4n) is 1.04. The molecule has 0 heterocycles. The first-order valence-electron chi connectivity index (χ1n) is 3.23. The van der Waals surface area contributed by atoms with Gasteiger partial charge >= 0.3 is 0 Å². The van der Waals surface area contributed by atoms with Crippen LogP contribution in [0.1, 0.15) is 6.42 Å². The molecule has 0 saturated heterocycles. The van der Waals surface area contributed by atoms with E-state index in [9.17, 15) is 4.79 Å². The lowest BCUT2D eigenvalue weighted by molar-refractivity contribution is -0.104. The van der Waals surface area contributed by atoms with Crippen molar-refractivity contribution in [2.45, 2.75) is 12.5 Å². The molecule has 0 amide bonds. The van der Waals surface area contributed by atoms with Gasteiger partial charge in [-0.3, -0.25) is 4.79 Å². The fourth-order valence-corrected chi connectivity index (χ4v) is 1.04. The molecule has 0 aliphatic heterocycles. The molecule has 1 aliphatic rings. The third-order valence-electron chi connectivity index (χ3n) is 1.58.